The van der Waals surface area contributed by atoms with Crippen molar-refractivity contribution in [3.05, 3.63) is 45.7 Å². The molecule has 1 aromatic carbocycles. The summed E-state index contributed by atoms with van der Waals surface area (Å²) in [5.74, 6) is -0.531. The van der Waals surface area contributed by atoms with Gasteiger partial charge in [0.05, 0.1) is 6.54 Å². The molecule has 1 N–H and O–H groups in total. The SMILES string of the molecule is O=C(NCc1ccc(F)cc1)c1nnc(CN2CCCC3(CCOCC3)C2)s1. The smallest absolute Gasteiger partial charge is 0.282 e. The first kappa shape index (κ1) is 19.4. The van der Waals surface area contributed by atoms with Crippen LogP contribution < -0.4 is 5.32 Å². The lowest BCUT2D eigenvalue weighted by atomic mass is 9.74. The summed E-state index contributed by atoms with van der Waals surface area (Å²) in [7, 11) is 0. The van der Waals surface area contributed by atoms with Gasteiger partial charge in [0.2, 0.25) is 5.01 Å². The molecule has 2 saturated heterocycles. The lowest BCUT2D eigenvalue weighted by molar-refractivity contribution is -0.0291. The Labute approximate surface area is 168 Å². The molecule has 28 heavy (non-hydrogen) atoms. The number of hydrogen-bond donors (Lipinski definition) is 1. The van der Waals surface area contributed by atoms with Crippen LogP contribution in [0.2, 0.25) is 0 Å². The molecule has 8 heteroatoms. The van der Waals surface area contributed by atoms with Crippen molar-refractivity contribution in [3.63, 3.8) is 0 Å². The maximum Gasteiger partial charge on any atom is 0.282 e. The average molecular weight is 405 g/mol. The van der Waals surface area contributed by atoms with Crippen molar-refractivity contribution < 1.29 is 13.9 Å². The van der Waals surface area contributed by atoms with Gasteiger partial charge in [0.1, 0.15) is 10.8 Å². The number of amides is 1. The Hall–Kier alpha value is -1.90. The summed E-state index contributed by atoms with van der Waals surface area (Å²) < 4.78 is 18.5. The highest BCUT2D eigenvalue weighted by molar-refractivity contribution is 7.13. The molecule has 2 fully saturated rings. The number of rotatable bonds is 5. The molecule has 0 bridgehead atoms. The minimum atomic E-state index is -0.288. The third-order valence-corrected chi connectivity index (χ3v) is 6.59. The van der Waals surface area contributed by atoms with E-state index in [0.29, 0.717) is 17.0 Å². The second-order valence-electron chi connectivity index (χ2n) is 7.74. The summed E-state index contributed by atoms with van der Waals surface area (Å²) in [5, 5.41) is 12.3. The van der Waals surface area contributed by atoms with Crippen molar-refractivity contribution in [1.82, 2.24) is 20.4 Å². The van der Waals surface area contributed by atoms with E-state index in [-0.39, 0.29) is 11.7 Å². The molecular formula is C20H25FN4O2S. The van der Waals surface area contributed by atoms with Gasteiger partial charge in [0, 0.05) is 26.3 Å². The topological polar surface area (TPSA) is 67.4 Å². The van der Waals surface area contributed by atoms with E-state index in [4.69, 9.17) is 4.74 Å². The molecule has 2 aliphatic rings. The predicted octanol–water partition coefficient (Wildman–Crippen LogP) is 3.00. The zero-order chi connectivity index (χ0) is 19.4. The minimum Gasteiger partial charge on any atom is -0.381 e. The average Bonchev–Trinajstić information content (AvgIpc) is 3.16. The number of likely N-dealkylation sites (tertiary alicyclic amines) is 1. The van der Waals surface area contributed by atoms with E-state index in [1.54, 1.807) is 12.1 Å². The molecule has 2 aliphatic heterocycles. The van der Waals surface area contributed by atoms with Crippen LogP contribution in [0.25, 0.3) is 0 Å². The van der Waals surface area contributed by atoms with Gasteiger partial charge in [-0.3, -0.25) is 9.69 Å². The van der Waals surface area contributed by atoms with Crippen molar-refractivity contribution in [2.75, 3.05) is 26.3 Å². The summed E-state index contributed by atoms with van der Waals surface area (Å²) in [5.41, 5.74) is 1.23. The van der Waals surface area contributed by atoms with Crippen LogP contribution in [-0.2, 0) is 17.8 Å². The summed E-state index contributed by atoms with van der Waals surface area (Å²) in [6, 6.07) is 6.08. The molecule has 0 aliphatic carbocycles. The van der Waals surface area contributed by atoms with Crippen molar-refractivity contribution in [3.8, 4) is 0 Å². The Morgan fingerprint density at radius 2 is 2.00 bits per heavy atom. The molecule has 0 atom stereocenters. The number of piperidine rings is 1. The number of halogens is 1. The highest BCUT2D eigenvalue weighted by Gasteiger charge is 2.37. The molecule has 1 aromatic heterocycles. The fourth-order valence-electron chi connectivity index (χ4n) is 4.12. The third kappa shape index (κ3) is 4.74. The van der Waals surface area contributed by atoms with E-state index in [2.05, 4.69) is 20.4 Å². The monoisotopic (exact) mass is 404 g/mol. The molecule has 1 amide bonds. The Kier molecular flexibility index (Phi) is 5.99. The van der Waals surface area contributed by atoms with Gasteiger partial charge in [-0.1, -0.05) is 23.5 Å². The number of benzene rings is 1. The highest BCUT2D eigenvalue weighted by Crippen LogP contribution is 2.39. The Morgan fingerprint density at radius 1 is 1.21 bits per heavy atom. The second kappa shape index (κ2) is 8.63. The molecule has 0 saturated carbocycles. The van der Waals surface area contributed by atoms with E-state index >= 15 is 0 Å². The van der Waals surface area contributed by atoms with E-state index in [1.807, 2.05) is 0 Å². The first-order chi connectivity index (χ1) is 13.6. The number of ether oxygens (including phenoxy) is 1. The van der Waals surface area contributed by atoms with Gasteiger partial charge in [-0.05, 0) is 55.3 Å². The molecule has 1 spiro atoms. The second-order valence-corrected chi connectivity index (χ2v) is 8.80. The summed E-state index contributed by atoms with van der Waals surface area (Å²) in [6.07, 6.45) is 4.75. The summed E-state index contributed by atoms with van der Waals surface area (Å²) in [4.78, 5) is 14.8. The van der Waals surface area contributed by atoms with Crippen molar-refractivity contribution in [2.45, 2.75) is 38.8 Å². The molecule has 0 unspecified atom stereocenters. The van der Waals surface area contributed by atoms with Crippen molar-refractivity contribution in [1.29, 1.82) is 0 Å². The number of carbonyl (C=O) groups excluding carboxylic acids is 1. The highest BCUT2D eigenvalue weighted by atomic mass is 32.1. The summed E-state index contributed by atoms with van der Waals surface area (Å²) in [6.45, 7) is 4.95. The standard InChI is InChI=1S/C20H25FN4O2S/c21-16-4-2-15(3-5-16)12-22-18(26)19-24-23-17(28-19)13-25-9-1-6-20(14-25)7-10-27-11-8-20/h2-5H,1,6-14H2,(H,22,26). The van der Waals surface area contributed by atoms with Gasteiger partial charge in [0.25, 0.3) is 5.91 Å². The predicted molar refractivity (Wildman–Crippen MR) is 104 cm³/mol. The quantitative estimate of drug-likeness (QED) is 0.830. The first-order valence-corrected chi connectivity index (χ1v) is 10.6. The fraction of sp³-hybridized carbons (Fsp3) is 0.550. The lowest BCUT2D eigenvalue weighted by Gasteiger charge is -2.44. The van der Waals surface area contributed by atoms with Gasteiger partial charge in [-0.2, -0.15) is 0 Å². The first-order valence-electron chi connectivity index (χ1n) is 9.77. The minimum absolute atomic E-state index is 0.243. The fourth-order valence-corrected chi connectivity index (χ4v) is 4.92. The Bertz CT molecular complexity index is 799. The van der Waals surface area contributed by atoms with E-state index in [9.17, 15) is 9.18 Å². The van der Waals surface area contributed by atoms with Gasteiger partial charge >= 0.3 is 0 Å². The van der Waals surface area contributed by atoms with E-state index < -0.39 is 0 Å². The van der Waals surface area contributed by atoms with Crippen LogP contribution in [0.4, 0.5) is 4.39 Å². The van der Waals surface area contributed by atoms with E-state index in [1.165, 1.54) is 36.3 Å². The molecule has 3 heterocycles. The molecule has 150 valence electrons. The molecule has 2 aromatic rings. The van der Waals surface area contributed by atoms with Crippen LogP contribution in [0.5, 0.6) is 0 Å². The molecular weight excluding hydrogens is 379 g/mol. The van der Waals surface area contributed by atoms with Gasteiger partial charge in [0.15, 0.2) is 0 Å². The third-order valence-electron chi connectivity index (χ3n) is 5.68. The summed E-state index contributed by atoms with van der Waals surface area (Å²) >= 11 is 1.35. The van der Waals surface area contributed by atoms with Gasteiger partial charge in [-0.25, -0.2) is 4.39 Å². The van der Waals surface area contributed by atoms with Crippen LogP contribution in [0.1, 0.15) is 46.1 Å². The number of nitrogens with one attached hydrogen (secondary N) is 1. The number of nitrogens with zero attached hydrogens (tertiary/aromatic N) is 3. The largest absolute Gasteiger partial charge is 0.381 e. The molecule has 0 radical (unpaired) electrons. The number of hydrogen-bond acceptors (Lipinski definition) is 6. The van der Waals surface area contributed by atoms with Crippen LogP contribution in [0.15, 0.2) is 24.3 Å². The van der Waals surface area contributed by atoms with Crippen LogP contribution >= 0.6 is 11.3 Å². The maximum absolute atomic E-state index is 12.9. The molecule has 4 rings (SSSR count). The molecule has 6 nitrogen and oxygen atoms in total. The normalized spacial score (nSPS) is 19.6. The zero-order valence-corrected chi connectivity index (χ0v) is 16.6. The Balaban J connectivity index is 1.31. The zero-order valence-electron chi connectivity index (χ0n) is 15.8. The van der Waals surface area contributed by atoms with Gasteiger partial charge in [-0.15, -0.1) is 10.2 Å². The number of carbonyl (C=O) groups is 1. The van der Waals surface area contributed by atoms with Crippen LogP contribution in [0.3, 0.4) is 0 Å². The van der Waals surface area contributed by atoms with E-state index in [0.717, 1.165) is 56.3 Å². The van der Waals surface area contributed by atoms with Gasteiger partial charge < -0.3 is 10.1 Å². The Morgan fingerprint density at radius 3 is 2.79 bits per heavy atom. The number of aromatic nitrogens is 2. The van der Waals surface area contributed by atoms with Crippen molar-refractivity contribution in [2.24, 2.45) is 5.41 Å². The van der Waals surface area contributed by atoms with Crippen LogP contribution in [0, 0.1) is 11.2 Å². The van der Waals surface area contributed by atoms with Crippen LogP contribution in [-0.4, -0.2) is 47.3 Å². The van der Waals surface area contributed by atoms with Crippen molar-refractivity contribution >= 4 is 17.2 Å². The maximum atomic E-state index is 12.9. The lowest BCUT2D eigenvalue weighted by Crippen LogP contribution is -2.45.